The van der Waals surface area contributed by atoms with Gasteiger partial charge in [-0.15, -0.1) is 0 Å². The molecule has 0 fully saturated rings. The maximum atomic E-state index is 5.77. The topological polar surface area (TPSA) is 9.23 Å². The van der Waals surface area contributed by atoms with Crippen LogP contribution in [0.4, 0.5) is 0 Å². The van der Waals surface area contributed by atoms with Crippen LogP contribution in [0.1, 0.15) is 81.1 Å². The summed E-state index contributed by atoms with van der Waals surface area (Å²) in [6, 6.07) is 0. The van der Waals surface area contributed by atoms with Gasteiger partial charge in [0.1, 0.15) is 0 Å². The molecule has 1 heteroatoms. The van der Waals surface area contributed by atoms with Gasteiger partial charge in [-0.25, -0.2) is 0 Å². The van der Waals surface area contributed by atoms with Crippen molar-refractivity contribution in [2.24, 2.45) is 11.8 Å². The van der Waals surface area contributed by atoms with E-state index in [9.17, 15) is 0 Å². The number of ether oxygens (including phenoxy) is 1. The summed E-state index contributed by atoms with van der Waals surface area (Å²) in [7, 11) is 0. The van der Waals surface area contributed by atoms with Crippen LogP contribution in [0.25, 0.3) is 0 Å². The lowest BCUT2D eigenvalue weighted by Gasteiger charge is -2.24. The summed E-state index contributed by atoms with van der Waals surface area (Å²) in [5.74, 6) is 1.24. The van der Waals surface area contributed by atoms with Crippen LogP contribution in [0.15, 0.2) is 0 Å². The third-order valence-electron chi connectivity index (χ3n) is 3.26. The van der Waals surface area contributed by atoms with Crippen molar-refractivity contribution in [3.8, 4) is 0 Å². The summed E-state index contributed by atoms with van der Waals surface area (Å²) in [6.07, 6.45) is 6.30. The second kappa shape index (κ2) is 12.4. The molecule has 0 aliphatic heterocycles. The van der Waals surface area contributed by atoms with Crippen molar-refractivity contribution in [2.75, 3.05) is 0 Å². The highest BCUT2D eigenvalue weighted by Gasteiger charge is 2.13. The molecule has 17 heavy (non-hydrogen) atoms. The second-order valence-electron chi connectivity index (χ2n) is 5.74. The molecule has 2 atom stereocenters. The lowest BCUT2D eigenvalue weighted by atomic mass is 10.1. The molecule has 0 aliphatic rings. The fraction of sp³-hybridized carbons (Fsp3) is 1.00. The van der Waals surface area contributed by atoms with Crippen molar-refractivity contribution in [1.82, 2.24) is 0 Å². The van der Waals surface area contributed by atoms with Gasteiger partial charge in [-0.1, -0.05) is 67.2 Å². The van der Waals surface area contributed by atoms with Gasteiger partial charge in [0.2, 0.25) is 0 Å². The summed E-state index contributed by atoms with van der Waals surface area (Å²) >= 11 is 0. The standard InChI is InChI=1S/C10H22O.C6H14/c1-7(2)9(5)11-10(6)8(3)4;1-3-5-6-4-2/h7-10H,1-6H3;3-6H2,1-2H3. The average Bonchev–Trinajstić information content (AvgIpc) is 2.26. The van der Waals surface area contributed by atoms with Crippen LogP contribution in [-0.4, -0.2) is 12.2 Å². The van der Waals surface area contributed by atoms with E-state index in [1.807, 2.05) is 0 Å². The normalized spacial score (nSPS) is 14.5. The molecule has 0 aromatic rings. The molecule has 0 aromatic heterocycles. The van der Waals surface area contributed by atoms with Crippen molar-refractivity contribution < 1.29 is 4.74 Å². The summed E-state index contributed by atoms with van der Waals surface area (Å²) in [5, 5.41) is 0. The predicted molar refractivity (Wildman–Crippen MR) is 79.5 cm³/mol. The van der Waals surface area contributed by atoms with Crippen molar-refractivity contribution >= 4 is 0 Å². The first-order valence-corrected chi connectivity index (χ1v) is 7.52. The molecule has 0 rings (SSSR count). The number of hydrogen-bond acceptors (Lipinski definition) is 1. The summed E-state index contributed by atoms with van der Waals surface area (Å²) in [4.78, 5) is 0. The van der Waals surface area contributed by atoms with Gasteiger partial charge in [-0.3, -0.25) is 0 Å². The zero-order valence-corrected chi connectivity index (χ0v) is 13.5. The van der Waals surface area contributed by atoms with Crippen LogP contribution in [0.2, 0.25) is 0 Å². The van der Waals surface area contributed by atoms with E-state index >= 15 is 0 Å². The molecule has 106 valence electrons. The lowest BCUT2D eigenvalue weighted by Crippen LogP contribution is -2.25. The number of hydrogen-bond donors (Lipinski definition) is 0. The van der Waals surface area contributed by atoms with Gasteiger partial charge in [-0.2, -0.15) is 0 Å². The van der Waals surface area contributed by atoms with Crippen molar-refractivity contribution in [3.05, 3.63) is 0 Å². The molecule has 0 aromatic carbocycles. The van der Waals surface area contributed by atoms with Crippen molar-refractivity contribution in [1.29, 1.82) is 0 Å². The van der Waals surface area contributed by atoms with Crippen LogP contribution < -0.4 is 0 Å². The van der Waals surface area contributed by atoms with E-state index in [1.54, 1.807) is 0 Å². The van der Waals surface area contributed by atoms with Crippen LogP contribution >= 0.6 is 0 Å². The fourth-order valence-corrected chi connectivity index (χ4v) is 1.15. The molecule has 0 radical (unpaired) electrons. The van der Waals surface area contributed by atoms with Gasteiger partial charge >= 0.3 is 0 Å². The van der Waals surface area contributed by atoms with E-state index < -0.39 is 0 Å². The third-order valence-corrected chi connectivity index (χ3v) is 3.26. The highest BCUT2D eigenvalue weighted by atomic mass is 16.5. The van der Waals surface area contributed by atoms with Crippen molar-refractivity contribution in [3.63, 3.8) is 0 Å². The smallest absolute Gasteiger partial charge is 0.0573 e. The summed E-state index contributed by atoms with van der Waals surface area (Å²) in [6.45, 7) is 17.5. The van der Waals surface area contributed by atoms with E-state index in [0.29, 0.717) is 24.0 Å². The quantitative estimate of drug-likeness (QED) is 0.524. The Labute approximate surface area is 110 Å². The van der Waals surface area contributed by atoms with E-state index in [2.05, 4.69) is 55.4 Å². The summed E-state index contributed by atoms with van der Waals surface area (Å²) in [5.41, 5.74) is 0. The number of rotatable bonds is 7. The SMILES string of the molecule is CC(C)C(C)OC(C)C(C)C.CCCCCC. The Balaban J connectivity index is 0. The van der Waals surface area contributed by atoms with Gasteiger partial charge in [0, 0.05) is 0 Å². The average molecular weight is 244 g/mol. The minimum Gasteiger partial charge on any atom is -0.375 e. The minimum absolute atomic E-state index is 0.382. The van der Waals surface area contributed by atoms with Gasteiger partial charge in [0.25, 0.3) is 0 Å². The Kier molecular flexibility index (Phi) is 14.1. The Hall–Kier alpha value is -0.0400. The monoisotopic (exact) mass is 244 g/mol. The molecular formula is C16H36O. The van der Waals surface area contributed by atoms with Crippen LogP contribution in [0.5, 0.6) is 0 Å². The molecule has 0 saturated heterocycles. The Morgan fingerprint density at radius 3 is 1.12 bits per heavy atom. The van der Waals surface area contributed by atoms with Gasteiger partial charge < -0.3 is 4.74 Å². The second-order valence-corrected chi connectivity index (χ2v) is 5.74. The fourth-order valence-electron chi connectivity index (χ4n) is 1.15. The predicted octanol–water partition coefficient (Wildman–Crippen LogP) is 5.68. The van der Waals surface area contributed by atoms with Gasteiger partial charge in [0.15, 0.2) is 0 Å². The molecule has 0 amide bonds. The molecule has 0 saturated carbocycles. The molecule has 0 bridgehead atoms. The largest absolute Gasteiger partial charge is 0.375 e. The Morgan fingerprint density at radius 1 is 0.647 bits per heavy atom. The maximum Gasteiger partial charge on any atom is 0.0573 e. The van der Waals surface area contributed by atoms with Crippen LogP contribution in [0.3, 0.4) is 0 Å². The Bertz CT molecular complexity index is 124. The molecule has 0 heterocycles. The molecule has 0 spiro atoms. The van der Waals surface area contributed by atoms with E-state index in [4.69, 9.17) is 4.74 Å². The van der Waals surface area contributed by atoms with Crippen LogP contribution in [-0.2, 0) is 4.74 Å². The zero-order chi connectivity index (χ0) is 13.8. The van der Waals surface area contributed by atoms with E-state index in [1.165, 1.54) is 25.7 Å². The lowest BCUT2D eigenvalue weighted by molar-refractivity contribution is -0.0368. The molecule has 1 nitrogen and oxygen atoms in total. The third kappa shape index (κ3) is 13.9. The van der Waals surface area contributed by atoms with Crippen molar-refractivity contribution in [2.45, 2.75) is 93.3 Å². The highest BCUT2D eigenvalue weighted by Crippen LogP contribution is 2.13. The molecule has 0 N–H and O–H groups in total. The minimum atomic E-state index is 0.382. The first kappa shape index (κ1) is 19.3. The maximum absolute atomic E-state index is 5.77. The van der Waals surface area contributed by atoms with E-state index in [-0.39, 0.29) is 0 Å². The Morgan fingerprint density at radius 2 is 0.941 bits per heavy atom. The first-order chi connectivity index (χ1) is 7.86. The molecule has 0 aliphatic carbocycles. The van der Waals surface area contributed by atoms with Gasteiger partial charge in [-0.05, 0) is 25.7 Å². The van der Waals surface area contributed by atoms with E-state index in [0.717, 1.165) is 0 Å². The molecule has 2 unspecified atom stereocenters. The zero-order valence-electron chi connectivity index (χ0n) is 13.5. The molecular weight excluding hydrogens is 208 g/mol. The number of unbranched alkanes of at least 4 members (excludes halogenated alkanes) is 3. The highest BCUT2D eigenvalue weighted by molar-refractivity contribution is 4.61. The summed E-state index contributed by atoms with van der Waals surface area (Å²) < 4.78 is 5.77. The van der Waals surface area contributed by atoms with Crippen LogP contribution in [0, 0.1) is 11.8 Å². The first-order valence-electron chi connectivity index (χ1n) is 7.52. The van der Waals surface area contributed by atoms with Gasteiger partial charge in [0.05, 0.1) is 12.2 Å².